The summed E-state index contributed by atoms with van der Waals surface area (Å²) in [6.45, 7) is 1.30. The second-order valence-corrected chi connectivity index (χ2v) is 3.75. The van der Waals surface area contributed by atoms with Crippen molar-refractivity contribution in [2.24, 2.45) is 0 Å². The van der Waals surface area contributed by atoms with E-state index in [9.17, 15) is 0 Å². The van der Waals surface area contributed by atoms with E-state index in [-0.39, 0.29) is 0 Å². The molecule has 1 rings (SSSR count). The first-order valence-corrected chi connectivity index (χ1v) is 4.81. The van der Waals surface area contributed by atoms with Crippen molar-refractivity contribution >= 4 is 11.8 Å². The van der Waals surface area contributed by atoms with Crippen molar-refractivity contribution < 1.29 is 0 Å². The van der Waals surface area contributed by atoms with Crippen LogP contribution in [-0.2, 0) is 0 Å². The first kappa shape index (κ1) is 7.42. The van der Waals surface area contributed by atoms with Crippen molar-refractivity contribution in [3.63, 3.8) is 0 Å². The first-order chi connectivity index (χ1) is 4.39. The third-order valence-electron chi connectivity index (χ3n) is 1.64. The highest BCUT2D eigenvalue weighted by Crippen LogP contribution is 2.11. The lowest BCUT2D eigenvalue weighted by Gasteiger charge is -2.18. The van der Waals surface area contributed by atoms with Crippen LogP contribution in [0.4, 0.5) is 0 Å². The summed E-state index contributed by atoms with van der Waals surface area (Å²) >= 11 is 2.06. The van der Waals surface area contributed by atoms with E-state index < -0.39 is 0 Å². The monoisotopic (exact) mass is 145 g/mol. The molecule has 0 amide bonds. The number of rotatable bonds is 0. The van der Waals surface area contributed by atoms with Crippen LogP contribution in [0.25, 0.3) is 0 Å². The Labute approximate surface area is 61.8 Å². The molecule has 54 valence electrons. The molecule has 0 atom stereocenters. The smallest absolute Gasteiger partial charge is 0.0441 e. The maximum absolute atomic E-state index is 2.41. The van der Waals surface area contributed by atoms with E-state index in [1.807, 2.05) is 0 Å². The number of hydrogen-bond acceptors (Lipinski definition) is 2. The van der Waals surface area contributed by atoms with E-state index >= 15 is 0 Å². The van der Waals surface area contributed by atoms with Gasteiger partial charge in [-0.15, -0.1) is 11.8 Å². The minimum atomic E-state index is 1.24. The molecule has 0 saturated carbocycles. The van der Waals surface area contributed by atoms with Gasteiger partial charge in [0.15, 0.2) is 0 Å². The normalized spacial score (nSPS) is 25.0. The third kappa shape index (κ3) is 3.11. The molecule has 1 fully saturated rings. The molecule has 1 saturated heterocycles. The Morgan fingerprint density at radius 2 is 2.11 bits per heavy atom. The SMILES string of the molecule is CN1CCCCCSC1. The zero-order valence-corrected chi connectivity index (χ0v) is 6.91. The van der Waals surface area contributed by atoms with Crippen LogP contribution in [0.2, 0.25) is 0 Å². The largest absolute Gasteiger partial charge is 0.297 e. The minimum Gasteiger partial charge on any atom is -0.297 e. The van der Waals surface area contributed by atoms with E-state index in [2.05, 4.69) is 23.7 Å². The first-order valence-electron chi connectivity index (χ1n) is 3.66. The highest BCUT2D eigenvalue weighted by Gasteiger charge is 2.01. The summed E-state index contributed by atoms with van der Waals surface area (Å²) in [6, 6.07) is 0. The quantitative estimate of drug-likeness (QED) is 0.511. The zero-order chi connectivity index (χ0) is 6.53. The topological polar surface area (TPSA) is 3.24 Å². The molecule has 0 aromatic heterocycles. The summed E-state index contributed by atoms with van der Waals surface area (Å²) in [7, 11) is 2.21. The van der Waals surface area contributed by atoms with Crippen molar-refractivity contribution in [1.82, 2.24) is 4.90 Å². The summed E-state index contributed by atoms with van der Waals surface area (Å²) < 4.78 is 0. The second kappa shape index (κ2) is 4.18. The van der Waals surface area contributed by atoms with Crippen LogP contribution in [0.5, 0.6) is 0 Å². The highest BCUT2D eigenvalue weighted by atomic mass is 32.2. The van der Waals surface area contributed by atoms with Gasteiger partial charge in [0.05, 0.1) is 0 Å². The molecule has 0 unspecified atom stereocenters. The lowest BCUT2D eigenvalue weighted by Crippen LogP contribution is -2.20. The fourth-order valence-corrected chi connectivity index (χ4v) is 2.03. The summed E-state index contributed by atoms with van der Waals surface area (Å²) in [6.07, 6.45) is 4.26. The number of thioether (sulfide) groups is 1. The van der Waals surface area contributed by atoms with Gasteiger partial charge >= 0.3 is 0 Å². The molecular formula is C7H15NS. The number of hydrogen-bond donors (Lipinski definition) is 0. The maximum atomic E-state index is 2.41. The van der Waals surface area contributed by atoms with E-state index in [0.29, 0.717) is 0 Å². The molecule has 0 bridgehead atoms. The summed E-state index contributed by atoms with van der Waals surface area (Å²) in [5, 5.41) is 0. The van der Waals surface area contributed by atoms with E-state index in [4.69, 9.17) is 0 Å². The van der Waals surface area contributed by atoms with Gasteiger partial charge in [-0.1, -0.05) is 6.42 Å². The lowest BCUT2D eigenvalue weighted by molar-refractivity contribution is 0.375. The molecular weight excluding hydrogens is 130 g/mol. The van der Waals surface area contributed by atoms with Crippen LogP contribution in [-0.4, -0.2) is 30.1 Å². The molecule has 0 aliphatic carbocycles. The third-order valence-corrected chi connectivity index (χ3v) is 2.84. The molecule has 1 heterocycles. The zero-order valence-electron chi connectivity index (χ0n) is 6.10. The average molecular weight is 145 g/mol. The fourth-order valence-electron chi connectivity index (χ4n) is 1.05. The van der Waals surface area contributed by atoms with Gasteiger partial charge in [-0.2, -0.15) is 0 Å². The van der Waals surface area contributed by atoms with Gasteiger partial charge in [-0.3, -0.25) is 4.90 Å². The van der Waals surface area contributed by atoms with Gasteiger partial charge < -0.3 is 0 Å². The van der Waals surface area contributed by atoms with Gasteiger partial charge in [-0.05, 0) is 32.2 Å². The Kier molecular flexibility index (Phi) is 3.44. The van der Waals surface area contributed by atoms with Crippen LogP contribution in [0.15, 0.2) is 0 Å². The minimum absolute atomic E-state index is 1.24. The van der Waals surface area contributed by atoms with Crippen molar-refractivity contribution in [3.05, 3.63) is 0 Å². The van der Waals surface area contributed by atoms with E-state index in [1.54, 1.807) is 0 Å². The Morgan fingerprint density at radius 1 is 1.22 bits per heavy atom. The molecule has 9 heavy (non-hydrogen) atoms. The van der Waals surface area contributed by atoms with Crippen molar-refractivity contribution in [2.75, 3.05) is 25.2 Å². The number of nitrogens with zero attached hydrogens (tertiary/aromatic N) is 1. The Bertz CT molecular complexity index is 67.3. The standard InChI is InChI=1S/C7H15NS/c1-8-5-3-2-4-6-9-7-8/h2-7H2,1H3. The molecule has 2 heteroatoms. The molecule has 0 aromatic rings. The molecule has 0 radical (unpaired) electrons. The van der Waals surface area contributed by atoms with Gasteiger partial charge in [-0.25, -0.2) is 0 Å². The van der Waals surface area contributed by atoms with E-state index in [1.165, 1.54) is 37.4 Å². The fraction of sp³-hybridized carbons (Fsp3) is 1.00. The van der Waals surface area contributed by atoms with Crippen LogP contribution in [0.1, 0.15) is 19.3 Å². The van der Waals surface area contributed by atoms with Crippen molar-refractivity contribution in [3.8, 4) is 0 Å². The predicted octanol–water partition coefficient (Wildman–Crippen LogP) is 1.79. The molecule has 0 spiro atoms. The Morgan fingerprint density at radius 3 is 3.00 bits per heavy atom. The second-order valence-electron chi connectivity index (χ2n) is 2.68. The summed E-state index contributed by atoms with van der Waals surface area (Å²) in [4.78, 5) is 2.41. The lowest BCUT2D eigenvalue weighted by atomic mass is 10.2. The van der Waals surface area contributed by atoms with Crippen molar-refractivity contribution in [2.45, 2.75) is 19.3 Å². The maximum Gasteiger partial charge on any atom is 0.0441 e. The predicted molar refractivity (Wildman–Crippen MR) is 43.8 cm³/mol. The Hall–Kier alpha value is 0.310. The van der Waals surface area contributed by atoms with Crippen LogP contribution < -0.4 is 0 Å². The van der Waals surface area contributed by atoms with Crippen LogP contribution in [0.3, 0.4) is 0 Å². The van der Waals surface area contributed by atoms with Crippen LogP contribution >= 0.6 is 11.8 Å². The molecule has 1 aliphatic rings. The van der Waals surface area contributed by atoms with Gasteiger partial charge in [0.2, 0.25) is 0 Å². The Balaban J connectivity index is 2.12. The molecule has 1 nitrogen and oxygen atoms in total. The van der Waals surface area contributed by atoms with Gasteiger partial charge in [0.25, 0.3) is 0 Å². The van der Waals surface area contributed by atoms with Gasteiger partial charge in [0.1, 0.15) is 0 Å². The van der Waals surface area contributed by atoms with Crippen LogP contribution in [0, 0.1) is 0 Å². The molecule has 0 N–H and O–H groups in total. The van der Waals surface area contributed by atoms with Gasteiger partial charge in [0, 0.05) is 5.88 Å². The summed E-state index contributed by atoms with van der Waals surface area (Å²) in [5.41, 5.74) is 0. The summed E-state index contributed by atoms with van der Waals surface area (Å²) in [5.74, 6) is 2.60. The highest BCUT2D eigenvalue weighted by molar-refractivity contribution is 7.99. The van der Waals surface area contributed by atoms with Crippen molar-refractivity contribution in [1.29, 1.82) is 0 Å². The van der Waals surface area contributed by atoms with E-state index in [0.717, 1.165) is 0 Å². The molecule has 1 aliphatic heterocycles. The average Bonchev–Trinajstić information content (AvgIpc) is 1.79. The molecule has 0 aromatic carbocycles.